The Morgan fingerprint density at radius 3 is 2.70 bits per heavy atom. The number of ether oxygens (including phenoxy) is 2. The zero-order chi connectivity index (χ0) is 30.8. The van der Waals surface area contributed by atoms with Gasteiger partial charge in [0.1, 0.15) is 11.6 Å². The van der Waals surface area contributed by atoms with Gasteiger partial charge in [0.25, 0.3) is 0 Å². The zero-order valence-electron chi connectivity index (χ0n) is 24.5. The highest BCUT2D eigenvalue weighted by Crippen LogP contribution is 2.42. The number of carbonyl (C=O) groups is 3. The molecule has 6 rings (SSSR count). The van der Waals surface area contributed by atoms with Crippen LogP contribution in [0.15, 0.2) is 35.8 Å². The van der Waals surface area contributed by atoms with Crippen LogP contribution in [0, 0.1) is 11.8 Å². The molecular weight excluding hydrogens is 587 g/mol. The number of carbonyl (C=O) groups excluding carboxylic acids is 2. The number of carboxylic acids is 1. The van der Waals surface area contributed by atoms with E-state index in [9.17, 15) is 23.9 Å². The topological polar surface area (TPSA) is 122 Å². The lowest BCUT2D eigenvalue weighted by Gasteiger charge is -2.29. The van der Waals surface area contributed by atoms with Crippen LogP contribution in [-0.2, 0) is 25.5 Å². The Kier molecular flexibility index (Phi) is 8.90. The number of aliphatic carboxylic acids is 1. The van der Waals surface area contributed by atoms with E-state index in [1.165, 1.54) is 11.3 Å². The summed E-state index contributed by atoms with van der Waals surface area (Å²) in [6.45, 7) is 0.274. The molecule has 3 aromatic rings. The van der Waals surface area contributed by atoms with E-state index in [1.807, 2.05) is 17.5 Å². The van der Waals surface area contributed by atoms with Crippen LogP contribution in [0.2, 0.25) is 0 Å². The summed E-state index contributed by atoms with van der Waals surface area (Å²) in [7, 11) is 1.72. The van der Waals surface area contributed by atoms with Gasteiger partial charge in [0.05, 0.1) is 12.1 Å². The van der Waals surface area contributed by atoms with Crippen molar-refractivity contribution in [1.29, 1.82) is 0 Å². The number of pyridine rings is 1. The van der Waals surface area contributed by atoms with Crippen LogP contribution in [0.4, 0.5) is 15.3 Å². The van der Waals surface area contributed by atoms with E-state index in [0.717, 1.165) is 42.4 Å². The molecule has 0 bridgehead atoms. The average Bonchev–Trinajstić information content (AvgIpc) is 3.74. The number of hydrogen-bond donors (Lipinski definition) is 1. The molecule has 1 saturated carbocycles. The third kappa shape index (κ3) is 6.46. The molecule has 44 heavy (non-hydrogen) atoms. The molecule has 2 fully saturated rings. The van der Waals surface area contributed by atoms with Crippen LogP contribution in [0.5, 0.6) is 5.75 Å². The first kappa shape index (κ1) is 30.1. The van der Waals surface area contributed by atoms with Gasteiger partial charge >= 0.3 is 5.97 Å². The molecule has 1 atom stereocenters. The lowest BCUT2D eigenvalue weighted by molar-refractivity contribution is -0.141. The van der Waals surface area contributed by atoms with Crippen LogP contribution in [0.3, 0.4) is 0 Å². The molecule has 3 aliphatic rings. The number of anilines is 2. The minimum Gasteiger partial charge on any atom is -0.481 e. The fourth-order valence-corrected chi connectivity index (χ4v) is 7.03. The van der Waals surface area contributed by atoms with Gasteiger partial charge in [-0.2, -0.15) is 0 Å². The molecule has 232 valence electrons. The number of fused-ring (bicyclic) bond motifs is 1. The Morgan fingerprint density at radius 2 is 1.98 bits per heavy atom. The van der Waals surface area contributed by atoms with Gasteiger partial charge in [-0.1, -0.05) is 0 Å². The SMILES string of the molecule is CN1C(=O)CCc2cc(-c3ccc(OCF)cc3-c3csc(N(C(=O)C(CC(=O)O)CC4CCOCC4)C4CC4)n3)cnc21. The summed E-state index contributed by atoms with van der Waals surface area (Å²) in [4.78, 5) is 50.7. The number of aromatic nitrogens is 2. The fourth-order valence-electron chi connectivity index (χ4n) is 6.13. The quantitative estimate of drug-likeness (QED) is 0.298. The van der Waals surface area contributed by atoms with Crippen LogP contribution < -0.4 is 14.5 Å². The molecule has 2 aliphatic heterocycles. The van der Waals surface area contributed by atoms with Gasteiger partial charge in [-0.15, -0.1) is 11.3 Å². The largest absolute Gasteiger partial charge is 0.481 e. The van der Waals surface area contributed by atoms with E-state index in [2.05, 4.69) is 4.98 Å². The maximum atomic E-state index is 14.0. The number of benzene rings is 1. The van der Waals surface area contributed by atoms with Gasteiger partial charge in [0.15, 0.2) is 5.13 Å². The Morgan fingerprint density at radius 1 is 1.18 bits per heavy atom. The molecule has 1 aromatic carbocycles. The number of rotatable bonds is 11. The fraction of sp³-hybridized carbons (Fsp3) is 0.469. The molecule has 0 spiro atoms. The van der Waals surface area contributed by atoms with Gasteiger partial charge < -0.3 is 14.6 Å². The molecule has 1 unspecified atom stereocenters. The molecule has 1 N–H and O–H groups in total. The number of nitrogens with zero attached hydrogens (tertiary/aromatic N) is 4. The Bertz CT molecular complexity index is 1550. The van der Waals surface area contributed by atoms with Crippen LogP contribution >= 0.6 is 11.3 Å². The minimum absolute atomic E-state index is 0.0160. The molecule has 4 heterocycles. The first-order valence-electron chi connectivity index (χ1n) is 15.0. The summed E-state index contributed by atoms with van der Waals surface area (Å²) in [6.07, 6.45) is 6.29. The molecular formula is C32H35FN4O6S. The Hall–Kier alpha value is -3.90. The number of aryl methyl sites for hydroxylation is 1. The molecule has 12 heteroatoms. The van der Waals surface area contributed by atoms with E-state index in [4.69, 9.17) is 14.5 Å². The molecule has 2 amide bonds. The number of hydrogen-bond acceptors (Lipinski definition) is 8. The van der Waals surface area contributed by atoms with Gasteiger partial charge in [0.2, 0.25) is 18.7 Å². The normalized spacial score (nSPS) is 17.7. The van der Waals surface area contributed by atoms with Crippen LogP contribution in [0.1, 0.15) is 50.5 Å². The monoisotopic (exact) mass is 622 g/mol. The van der Waals surface area contributed by atoms with Crippen LogP contribution in [-0.4, -0.2) is 66.0 Å². The van der Waals surface area contributed by atoms with E-state index < -0.39 is 18.7 Å². The first-order chi connectivity index (χ1) is 21.3. The van der Waals surface area contributed by atoms with Gasteiger partial charge in [-0.3, -0.25) is 24.2 Å². The third-order valence-corrected chi connectivity index (χ3v) is 9.46. The van der Waals surface area contributed by atoms with Gasteiger partial charge in [0, 0.05) is 61.3 Å². The molecule has 10 nitrogen and oxygen atoms in total. The highest BCUT2D eigenvalue weighted by Gasteiger charge is 2.40. The first-order valence-corrected chi connectivity index (χ1v) is 15.9. The maximum Gasteiger partial charge on any atom is 0.304 e. The number of alkyl halides is 1. The summed E-state index contributed by atoms with van der Waals surface area (Å²) < 4.78 is 23.8. The third-order valence-electron chi connectivity index (χ3n) is 8.62. The predicted molar refractivity (Wildman–Crippen MR) is 164 cm³/mol. The van der Waals surface area contributed by atoms with Crippen molar-refractivity contribution in [1.82, 2.24) is 9.97 Å². The number of amides is 2. The van der Waals surface area contributed by atoms with Crippen molar-refractivity contribution in [3.63, 3.8) is 0 Å². The maximum absolute atomic E-state index is 14.0. The average molecular weight is 623 g/mol. The second kappa shape index (κ2) is 13.0. The second-order valence-electron chi connectivity index (χ2n) is 11.7. The van der Waals surface area contributed by atoms with Crippen molar-refractivity contribution in [2.45, 2.75) is 57.4 Å². The van der Waals surface area contributed by atoms with Crippen molar-refractivity contribution in [3.05, 3.63) is 41.4 Å². The lowest BCUT2D eigenvalue weighted by atomic mass is 9.86. The Labute approximate surface area is 258 Å². The second-order valence-corrected chi connectivity index (χ2v) is 12.5. The van der Waals surface area contributed by atoms with Gasteiger partial charge in [-0.25, -0.2) is 14.4 Å². The van der Waals surface area contributed by atoms with E-state index in [0.29, 0.717) is 60.4 Å². The van der Waals surface area contributed by atoms with Crippen molar-refractivity contribution in [2.75, 3.05) is 36.9 Å². The molecule has 1 saturated heterocycles. The summed E-state index contributed by atoms with van der Waals surface area (Å²) in [5, 5.41) is 12.0. The Balaban J connectivity index is 1.33. The molecule has 1 aliphatic carbocycles. The lowest BCUT2D eigenvalue weighted by Crippen LogP contribution is -2.40. The van der Waals surface area contributed by atoms with Crippen LogP contribution in [0.25, 0.3) is 22.4 Å². The van der Waals surface area contributed by atoms with Gasteiger partial charge in [-0.05, 0) is 79.8 Å². The number of thiazole rings is 1. The highest BCUT2D eigenvalue weighted by molar-refractivity contribution is 7.14. The van der Waals surface area contributed by atoms with E-state index >= 15 is 0 Å². The predicted octanol–water partition coefficient (Wildman–Crippen LogP) is 5.49. The smallest absolute Gasteiger partial charge is 0.304 e. The van der Waals surface area contributed by atoms with Crippen molar-refractivity contribution in [2.24, 2.45) is 11.8 Å². The standard InChI is InChI=1S/C32H35FN4O6S/c1-36-28(38)7-2-20-13-22(16-34-30(20)36)25-6-5-24(43-18-33)15-26(25)27-17-44-32(35-27)37(23-3-4-23)31(41)21(14-29(39)40)12-19-8-10-42-11-9-19/h5-6,13,15-17,19,21,23H,2-4,7-12,14,18H2,1H3,(H,39,40). The minimum atomic E-state index is -0.991. The summed E-state index contributed by atoms with van der Waals surface area (Å²) >= 11 is 1.33. The number of halogens is 1. The zero-order valence-corrected chi connectivity index (χ0v) is 25.4. The van der Waals surface area contributed by atoms with Crippen molar-refractivity contribution < 1.29 is 33.4 Å². The van der Waals surface area contributed by atoms with E-state index in [-0.39, 0.29) is 30.2 Å². The van der Waals surface area contributed by atoms with Crippen molar-refractivity contribution >= 4 is 40.1 Å². The summed E-state index contributed by atoms with van der Waals surface area (Å²) in [5.74, 6) is -0.598. The highest BCUT2D eigenvalue weighted by atomic mass is 32.1. The van der Waals surface area contributed by atoms with E-state index in [1.54, 1.807) is 35.2 Å². The molecule has 2 aromatic heterocycles. The molecule has 0 radical (unpaired) electrons. The number of carboxylic acid groups (broad SMARTS) is 1. The summed E-state index contributed by atoms with van der Waals surface area (Å²) in [5.41, 5.74) is 3.85. The van der Waals surface area contributed by atoms with Crippen molar-refractivity contribution in [3.8, 4) is 28.1 Å². The summed E-state index contributed by atoms with van der Waals surface area (Å²) in [6, 6.07) is 7.25.